The van der Waals surface area contributed by atoms with Crippen molar-refractivity contribution in [2.75, 3.05) is 32.2 Å². The molecule has 0 saturated heterocycles. The Morgan fingerprint density at radius 1 is 1.21 bits per heavy atom. The van der Waals surface area contributed by atoms with Gasteiger partial charge in [0.05, 0.1) is 13.2 Å². The highest BCUT2D eigenvalue weighted by Crippen LogP contribution is 2.23. The van der Waals surface area contributed by atoms with Crippen LogP contribution >= 0.6 is 0 Å². The first-order valence-corrected chi connectivity index (χ1v) is 6.46. The van der Waals surface area contributed by atoms with Crippen LogP contribution in [0.3, 0.4) is 0 Å². The molecule has 0 unspecified atom stereocenters. The maximum atomic E-state index is 11.7. The molecule has 1 aromatic carbocycles. The number of esters is 1. The van der Waals surface area contributed by atoms with Crippen molar-refractivity contribution >= 4 is 11.7 Å². The number of anilines is 1. The number of carbonyl (C=O) groups excluding carboxylic acids is 1. The number of carbonyl (C=O) groups is 1. The fourth-order valence-corrected chi connectivity index (χ4v) is 1.52. The van der Waals surface area contributed by atoms with E-state index in [2.05, 4.69) is 0 Å². The van der Waals surface area contributed by atoms with Gasteiger partial charge in [0.15, 0.2) is 0 Å². The van der Waals surface area contributed by atoms with E-state index in [1.165, 1.54) is 0 Å². The Hall–Kier alpha value is -1.75. The molecule has 0 aliphatic heterocycles. The van der Waals surface area contributed by atoms with Gasteiger partial charge in [-0.25, -0.2) is 4.79 Å². The van der Waals surface area contributed by atoms with Crippen LogP contribution in [0.2, 0.25) is 0 Å². The number of benzene rings is 1. The van der Waals surface area contributed by atoms with Crippen LogP contribution in [0.4, 0.5) is 5.69 Å². The van der Waals surface area contributed by atoms with Gasteiger partial charge in [-0.15, -0.1) is 0 Å². The Bertz CT molecular complexity index is 406. The molecular formula is C14H21NO4. The zero-order valence-electron chi connectivity index (χ0n) is 11.5. The van der Waals surface area contributed by atoms with Crippen molar-refractivity contribution < 1.29 is 19.0 Å². The van der Waals surface area contributed by atoms with Crippen molar-refractivity contribution in [1.82, 2.24) is 0 Å². The van der Waals surface area contributed by atoms with Gasteiger partial charge in [0.1, 0.15) is 11.3 Å². The molecule has 0 spiro atoms. The van der Waals surface area contributed by atoms with Gasteiger partial charge in [-0.1, -0.05) is 0 Å². The van der Waals surface area contributed by atoms with Crippen LogP contribution in [0.25, 0.3) is 0 Å². The van der Waals surface area contributed by atoms with Gasteiger partial charge < -0.3 is 19.9 Å². The maximum Gasteiger partial charge on any atom is 0.341 e. The molecule has 0 amide bonds. The van der Waals surface area contributed by atoms with Gasteiger partial charge in [0.2, 0.25) is 0 Å². The predicted molar refractivity (Wildman–Crippen MR) is 73.4 cm³/mol. The number of rotatable bonds is 8. The van der Waals surface area contributed by atoms with E-state index in [1.54, 1.807) is 25.1 Å². The summed E-state index contributed by atoms with van der Waals surface area (Å²) < 4.78 is 15.8. The third kappa shape index (κ3) is 5.18. The Kier molecular flexibility index (Phi) is 6.74. The van der Waals surface area contributed by atoms with Gasteiger partial charge in [-0.05, 0) is 26.0 Å². The third-order valence-corrected chi connectivity index (χ3v) is 2.40. The van der Waals surface area contributed by atoms with Crippen molar-refractivity contribution in [3.05, 3.63) is 23.8 Å². The van der Waals surface area contributed by atoms with Crippen LogP contribution in [0.15, 0.2) is 18.2 Å². The molecular weight excluding hydrogens is 246 g/mol. The molecule has 0 atom stereocenters. The highest BCUT2D eigenvalue weighted by molar-refractivity contribution is 5.93. The SMILES string of the molecule is CCOCCCOc1cc(N)ccc1C(=O)OCC. The van der Waals surface area contributed by atoms with Gasteiger partial charge in [-0.3, -0.25) is 0 Å². The smallest absolute Gasteiger partial charge is 0.341 e. The Morgan fingerprint density at radius 2 is 2.00 bits per heavy atom. The molecule has 0 aromatic heterocycles. The van der Waals surface area contributed by atoms with Gasteiger partial charge >= 0.3 is 5.97 Å². The van der Waals surface area contributed by atoms with Crippen molar-refractivity contribution in [2.24, 2.45) is 0 Å². The van der Waals surface area contributed by atoms with Crippen molar-refractivity contribution in [3.8, 4) is 5.75 Å². The minimum absolute atomic E-state index is 0.326. The second-order valence-corrected chi connectivity index (χ2v) is 3.88. The molecule has 1 rings (SSSR count). The van der Waals surface area contributed by atoms with E-state index >= 15 is 0 Å². The fraction of sp³-hybridized carbons (Fsp3) is 0.500. The number of hydrogen-bond acceptors (Lipinski definition) is 5. The fourth-order valence-electron chi connectivity index (χ4n) is 1.52. The monoisotopic (exact) mass is 267 g/mol. The molecule has 0 aliphatic carbocycles. The van der Waals surface area contributed by atoms with Crippen molar-refractivity contribution in [3.63, 3.8) is 0 Å². The van der Waals surface area contributed by atoms with E-state index < -0.39 is 5.97 Å². The van der Waals surface area contributed by atoms with Crippen molar-refractivity contribution in [1.29, 1.82) is 0 Å². The lowest BCUT2D eigenvalue weighted by atomic mass is 10.2. The van der Waals surface area contributed by atoms with E-state index in [-0.39, 0.29) is 0 Å². The van der Waals surface area contributed by atoms with E-state index in [0.717, 1.165) is 6.42 Å². The first kappa shape index (κ1) is 15.3. The van der Waals surface area contributed by atoms with E-state index in [0.29, 0.717) is 43.4 Å². The number of hydrogen-bond donors (Lipinski definition) is 1. The van der Waals surface area contributed by atoms with Crippen LogP contribution in [0, 0.1) is 0 Å². The average molecular weight is 267 g/mol. The third-order valence-electron chi connectivity index (χ3n) is 2.40. The molecule has 19 heavy (non-hydrogen) atoms. The second-order valence-electron chi connectivity index (χ2n) is 3.88. The molecule has 106 valence electrons. The molecule has 0 bridgehead atoms. The van der Waals surface area contributed by atoms with Gasteiger partial charge in [-0.2, -0.15) is 0 Å². The summed E-state index contributed by atoms with van der Waals surface area (Å²) in [6.07, 6.45) is 0.755. The molecule has 0 saturated carbocycles. The predicted octanol–water partition coefficient (Wildman–Crippen LogP) is 2.25. The minimum Gasteiger partial charge on any atom is -0.493 e. The summed E-state index contributed by atoms with van der Waals surface area (Å²) in [5, 5.41) is 0. The maximum absolute atomic E-state index is 11.7. The number of nitrogens with two attached hydrogens (primary N) is 1. The van der Waals surface area contributed by atoms with Gasteiger partial charge in [0.25, 0.3) is 0 Å². The highest BCUT2D eigenvalue weighted by Gasteiger charge is 2.13. The van der Waals surface area contributed by atoms with E-state index in [4.69, 9.17) is 19.9 Å². The first-order valence-electron chi connectivity index (χ1n) is 6.46. The lowest BCUT2D eigenvalue weighted by Crippen LogP contribution is -2.10. The second kappa shape index (κ2) is 8.37. The van der Waals surface area contributed by atoms with E-state index in [9.17, 15) is 4.79 Å². The van der Waals surface area contributed by atoms with Crippen LogP contribution in [-0.2, 0) is 9.47 Å². The molecule has 0 radical (unpaired) electrons. The lowest BCUT2D eigenvalue weighted by molar-refractivity contribution is 0.0521. The average Bonchev–Trinajstić information content (AvgIpc) is 2.39. The zero-order chi connectivity index (χ0) is 14.1. The molecule has 5 nitrogen and oxygen atoms in total. The summed E-state index contributed by atoms with van der Waals surface area (Å²) in [4.78, 5) is 11.7. The Morgan fingerprint density at radius 3 is 2.68 bits per heavy atom. The topological polar surface area (TPSA) is 70.8 Å². The van der Waals surface area contributed by atoms with Crippen molar-refractivity contribution in [2.45, 2.75) is 20.3 Å². The molecule has 1 aromatic rings. The van der Waals surface area contributed by atoms with Crippen LogP contribution < -0.4 is 10.5 Å². The lowest BCUT2D eigenvalue weighted by Gasteiger charge is -2.11. The quantitative estimate of drug-likeness (QED) is 0.444. The Balaban J connectivity index is 2.63. The highest BCUT2D eigenvalue weighted by atomic mass is 16.5. The summed E-state index contributed by atoms with van der Waals surface area (Å²) in [5.74, 6) is 0.0530. The molecule has 0 aliphatic rings. The zero-order valence-corrected chi connectivity index (χ0v) is 11.5. The summed E-state index contributed by atoms with van der Waals surface area (Å²) in [6.45, 7) is 5.82. The minimum atomic E-state index is -0.401. The summed E-state index contributed by atoms with van der Waals surface area (Å²) in [5.41, 5.74) is 6.64. The van der Waals surface area contributed by atoms with Crippen LogP contribution in [0.1, 0.15) is 30.6 Å². The first-order chi connectivity index (χ1) is 9.19. The summed E-state index contributed by atoms with van der Waals surface area (Å²) in [7, 11) is 0. The molecule has 2 N–H and O–H groups in total. The van der Waals surface area contributed by atoms with Crippen LogP contribution in [-0.4, -0.2) is 32.4 Å². The molecule has 0 heterocycles. The molecule has 5 heteroatoms. The summed E-state index contributed by atoms with van der Waals surface area (Å²) in [6, 6.07) is 4.90. The van der Waals surface area contributed by atoms with E-state index in [1.807, 2.05) is 6.92 Å². The standard InChI is InChI=1S/C14H21NO4/c1-3-17-8-5-9-19-13-10-11(15)6-7-12(13)14(16)18-4-2/h6-7,10H,3-5,8-9,15H2,1-2H3. The number of nitrogen functional groups attached to an aromatic ring is 1. The largest absolute Gasteiger partial charge is 0.493 e. The number of ether oxygens (including phenoxy) is 3. The normalized spacial score (nSPS) is 10.2. The summed E-state index contributed by atoms with van der Waals surface area (Å²) >= 11 is 0. The van der Waals surface area contributed by atoms with Crippen LogP contribution in [0.5, 0.6) is 5.75 Å². The van der Waals surface area contributed by atoms with Gasteiger partial charge in [0, 0.05) is 31.4 Å². The Labute approximate surface area is 113 Å². The molecule has 0 fully saturated rings.